The second-order valence-electron chi connectivity index (χ2n) is 5.00. The molecule has 0 radical (unpaired) electrons. The van der Waals surface area contributed by atoms with E-state index in [0.29, 0.717) is 5.92 Å². The lowest BCUT2D eigenvalue weighted by Crippen LogP contribution is -2.26. The number of aromatic nitrogens is 1. The maximum atomic E-state index is 4.87. The minimum atomic E-state index is 0.674. The number of thiazole rings is 1. The van der Waals surface area contributed by atoms with Gasteiger partial charge in [-0.2, -0.15) is 0 Å². The highest BCUT2D eigenvalue weighted by molar-refractivity contribution is 7.18. The Balaban J connectivity index is 2.03. The van der Waals surface area contributed by atoms with Gasteiger partial charge in [0.15, 0.2) is 0 Å². The first kappa shape index (κ1) is 11.2. The van der Waals surface area contributed by atoms with Gasteiger partial charge in [-0.15, -0.1) is 11.3 Å². The van der Waals surface area contributed by atoms with E-state index in [9.17, 15) is 0 Å². The standard InChI is InChI=1S/C14H18N2S/c1-9-7-10(2)13-12(8-9)17-14(16-13)11-3-5-15-6-4-11/h7-8,11,15H,3-6H2,1-2H3. The molecule has 1 aromatic carbocycles. The molecular weight excluding hydrogens is 228 g/mol. The third-order valence-corrected chi connectivity index (χ3v) is 4.70. The molecule has 0 atom stereocenters. The molecule has 90 valence electrons. The first-order valence-electron chi connectivity index (χ1n) is 6.32. The molecule has 2 aromatic rings. The molecule has 2 nitrogen and oxygen atoms in total. The summed E-state index contributed by atoms with van der Waals surface area (Å²) in [5.41, 5.74) is 3.88. The number of nitrogens with zero attached hydrogens (tertiary/aromatic N) is 1. The summed E-state index contributed by atoms with van der Waals surface area (Å²) in [5.74, 6) is 0.674. The van der Waals surface area contributed by atoms with Crippen molar-refractivity contribution in [1.82, 2.24) is 10.3 Å². The average molecular weight is 246 g/mol. The highest BCUT2D eigenvalue weighted by Gasteiger charge is 2.19. The summed E-state index contributed by atoms with van der Waals surface area (Å²) in [7, 11) is 0. The van der Waals surface area contributed by atoms with Crippen molar-refractivity contribution in [2.45, 2.75) is 32.6 Å². The molecule has 3 rings (SSSR count). The Morgan fingerprint density at radius 2 is 2.00 bits per heavy atom. The lowest BCUT2D eigenvalue weighted by Gasteiger charge is -2.20. The molecule has 0 saturated carbocycles. The van der Waals surface area contributed by atoms with Crippen LogP contribution in [0.25, 0.3) is 10.2 Å². The van der Waals surface area contributed by atoms with Crippen molar-refractivity contribution < 1.29 is 0 Å². The van der Waals surface area contributed by atoms with Gasteiger partial charge in [0, 0.05) is 5.92 Å². The van der Waals surface area contributed by atoms with E-state index in [0.717, 1.165) is 13.1 Å². The second-order valence-corrected chi connectivity index (χ2v) is 6.07. The van der Waals surface area contributed by atoms with Crippen molar-refractivity contribution in [3.63, 3.8) is 0 Å². The van der Waals surface area contributed by atoms with Crippen LogP contribution >= 0.6 is 11.3 Å². The lowest BCUT2D eigenvalue weighted by atomic mass is 9.99. The van der Waals surface area contributed by atoms with E-state index in [1.54, 1.807) is 0 Å². The predicted octanol–water partition coefficient (Wildman–Crippen LogP) is 3.38. The monoisotopic (exact) mass is 246 g/mol. The molecule has 1 aliphatic heterocycles. The lowest BCUT2D eigenvalue weighted by molar-refractivity contribution is 0.459. The normalized spacial score (nSPS) is 17.8. The van der Waals surface area contributed by atoms with Crippen LogP contribution in [-0.2, 0) is 0 Å². The summed E-state index contributed by atoms with van der Waals surface area (Å²) in [6.45, 7) is 6.61. The zero-order chi connectivity index (χ0) is 11.8. The second kappa shape index (κ2) is 4.39. The van der Waals surface area contributed by atoms with Gasteiger partial charge >= 0.3 is 0 Å². The van der Waals surface area contributed by atoms with Gasteiger partial charge in [0.05, 0.1) is 15.2 Å². The minimum absolute atomic E-state index is 0.674. The first-order chi connectivity index (χ1) is 8.24. The van der Waals surface area contributed by atoms with Crippen LogP contribution in [0.1, 0.15) is 34.9 Å². The third-order valence-electron chi connectivity index (χ3n) is 3.53. The smallest absolute Gasteiger partial charge is 0.0970 e. The quantitative estimate of drug-likeness (QED) is 0.834. The van der Waals surface area contributed by atoms with Gasteiger partial charge in [-0.1, -0.05) is 6.07 Å². The largest absolute Gasteiger partial charge is 0.317 e. The van der Waals surface area contributed by atoms with Crippen molar-refractivity contribution in [2.75, 3.05) is 13.1 Å². The molecule has 0 spiro atoms. The number of hydrogen-bond acceptors (Lipinski definition) is 3. The summed E-state index contributed by atoms with van der Waals surface area (Å²) in [5, 5.41) is 4.76. The fraction of sp³-hybridized carbons (Fsp3) is 0.500. The summed E-state index contributed by atoms with van der Waals surface area (Å²) in [6, 6.07) is 4.50. The molecule has 0 unspecified atom stereocenters. The Bertz CT molecular complexity index is 538. The van der Waals surface area contributed by atoms with E-state index >= 15 is 0 Å². The number of piperidine rings is 1. The van der Waals surface area contributed by atoms with Crippen molar-refractivity contribution in [3.05, 3.63) is 28.3 Å². The van der Waals surface area contributed by atoms with E-state index in [1.807, 2.05) is 11.3 Å². The number of nitrogens with one attached hydrogen (secondary N) is 1. The maximum Gasteiger partial charge on any atom is 0.0970 e. The summed E-state index contributed by atoms with van der Waals surface area (Å²) in [6.07, 6.45) is 2.47. The predicted molar refractivity (Wildman–Crippen MR) is 73.9 cm³/mol. The first-order valence-corrected chi connectivity index (χ1v) is 7.14. The van der Waals surface area contributed by atoms with Crippen LogP contribution in [0.5, 0.6) is 0 Å². The molecule has 17 heavy (non-hydrogen) atoms. The van der Waals surface area contributed by atoms with Gasteiger partial charge in [0.2, 0.25) is 0 Å². The van der Waals surface area contributed by atoms with Crippen molar-refractivity contribution >= 4 is 21.6 Å². The zero-order valence-corrected chi connectivity index (χ0v) is 11.2. The van der Waals surface area contributed by atoms with Crippen LogP contribution in [0.15, 0.2) is 12.1 Å². The van der Waals surface area contributed by atoms with E-state index in [4.69, 9.17) is 4.98 Å². The molecule has 0 aliphatic carbocycles. The summed E-state index contributed by atoms with van der Waals surface area (Å²) >= 11 is 1.89. The van der Waals surface area contributed by atoms with Gasteiger partial charge < -0.3 is 5.32 Å². The molecule has 3 heteroatoms. The van der Waals surface area contributed by atoms with Crippen LogP contribution in [-0.4, -0.2) is 18.1 Å². The number of fused-ring (bicyclic) bond motifs is 1. The number of rotatable bonds is 1. The fourth-order valence-corrected chi connectivity index (χ4v) is 3.94. The number of hydrogen-bond donors (Lipinski definition) is 1. The molecule has 1 aromatic heterocycles. The molecule has 0 bridgehead atoms. The SMILES string of the molecule is Cc1cc(C)c2nc(C3CCNCC3)sc2c1. The molecule has 1 aliphatic rings. The van der Waals surface area contributed by atoms with E-state index in [-0.39, 0.29) is 0 Å². The summed E-state index contributed by atoms with van der Waals surface area (Å²) < 4.78 is 1.36. The third kappa shape index (κ3) is 2.09. The van der Waals surface area contributed by atoms with Gasteiger partial charge in [0.25, 0.3) is 0 Å². The molecule has 1 saturated heterocycles. The minimum Gasteiger partial charge on any atom is -0.317 e. The number of aryl methyl sites for hydroxylation is 2. The molecule has 2 heterocycles. The van der Waals surface area contributed by atoms with Gasteiger partial charge in [0.1, 0.15) is 0 Å². The Morgan fingerprint density at radius 1 is 1.24 bits per heavy atom. The highest BCUT2D eigenvalue weighted by atomic mass is 32.1. The average Bonchev–Trinajstić information content (AvgIpc) is 2.74. The van der Waals surface area contributed by atoms with E-state index < -0.39 is 0 Å². The molecule has 1 fully saturated rings. The van der Waals surface area contributed by atoms with E-state index in [2.05, 4.69) is 31.3 Å². The van der Waals surface area contributed by atoms with Crippen LogP contribution < -0.4 is 5.32 Å². The zero-order valence-electron chi connectivity index (χ0n) is 10.4. The Morgan fingerprint density at radius 3 is 2.76 bits per heavy atom. The maximum absolute atomic E-state index is 4.87. The Labute approximate surface area is 106 Å². The topological polar surface area (TPSA) is 24.9 Å². The van der Waals surface area contributed by atoms with E-state index in [1.165, 1.54) is 39.2 Å². The summed E-state index contributed by atoms with van der Waals surface area (Å²) in [4.78, 5) is 4.87. The Kier molecular flexibility index (Phi) is 2.89. The van der Waals surface area contributed by atoms with Crippen molar-refractivity contribution in [3.8, 4) is 0 Å². The van der Waals surface area contributed by atoms with Crippen LogP contribution in [0, 0.1) is 13.8 Å². The fourth-order valence-electron chi connectivity index (χ4n) is 2.63. The van der Waals surface area contributed by atoms with Crippen LogP contribution in [0.3, 0.4) is 0 Å². The van der Waals surface area contributed by atoms with Gasteiger partial charge in [-0.05, 0) is 57.0 Å². The van der Waals surface area contributed by atoms with Gasteiger partial charge in [-0.3, -0.25) is 0 Å². The molecule has 1 N–H and O–H groups in total. The van der Waals surface area contributed by atoms with Gasteiger partial charge in [-0.25, -0.2) is 4.98 Å². The number of benzene rings is 1. The highest BCUT2D eigenvalue weighted by Crippen LogP contribution is 2.33. The van der Waals surface area contributed by atoms with Crippen molar-refractivity contribution in [2.24, 2.45) is 0 Å². The molecule has 0 amide bonds. The van der Waals surface area contributed by atoms with Crippen LogP contribution in [0.2, 0.25) is 0 Å². The van der Waals surface area contributed by atoms with Crippen LogP contribution in [0.4, 0.5) is 0 Å². The van der Waals surface area contributed by atoms with Crippen molar-refractivity contribution in [1.29, 1.82) is 0 Å². The Hall–Kier alpha value is -0.930. The molecular formula is C14H18N2S.